The molecule has 1 fully saturated rings. The smallest absolute Gasteiger partial charge is 0.285 e. The van der Waals surface area contributed by atoms with E-state index in [1.54, 1.807) is 18.2 Å². The van der Waals surface area contributed by atoms with E-state index in [2.05, 4.69) is 4.90 Å². The molecule has 22 heavy (non-hydrogen) atoms. The molecular formula is C16H15N3O3. The summed E-state index contributed by atoms with van der Waals surface area (Å²) in [5, 5.41) is 11.3. The Balaban J connectivity index is 1.99. The number of carbonyl (C=O) groups is 2. The molecule has 6 nitrogen and oxygen atoms in total. The van der Waals surface area contributed by atoms with Crippen LogP contribution < -0.4 is 10.6 Å². The van der Waals surface area contributed by atoms with Crippen molar-refractivity contribution < 1.29 is 14.8 Å². The van der Waals surface area contributed by atoms with Crippen LogP contribution in [0.5, 0.6) is 0 Å². The maximum atomic E-state index is 12.1. The number of imide groups is 1. The van der Waals surface area contributed by atoms with Gasteiger partial charge in [-0.2, -0.15) is 0 Å². The first-order chi connectivity index (χ1) is 10.6. The molecule has 2 amide bonds. The lowest BCUT2D eigenvalue weighted by Gasteiger charge is -2.26. The van der Waals surface area contributed by atoms with Gasteiger partial charge in [-0.3, -0.25) is 14.8 Å². The Bertz CT molecular complexity index is 795. The van der Waals surface area contributed by atoms with Crippen molar-refractivity contribution in [2.45, 2.75) is 12.5 Å². The molecule has 0 aliphatic carbocycles. The first-order valence-corrected chi connectivity index (χ1v) is 7.22. The highest BCUT2D eigenvalue weighted by molar-refractivity contribution is 6.26. The van der Waals surface area contributed by atoms with Gasteiger partial charge in [0.25, 0.3) is 11.8 Å². The molecule has 1 unspecified atom stereocenters. The standard InChI is InChI=1S/C16H15N3O3/c17-9-6-7-18(8-9)13-5-4-12-14-10(13)2-1-3-11(14)15(20)19(22)16(12)21/h1-5,9,22H,6-8,17H2. The molecule has 0 saturated carbocycles. The molecular weight excluding hydrogens is 282 g/mol. The summed E-state index contributed by atoms with van der Waals surface area (Å²) in [4.78, 5) is 26.4. The molecule has 2 aromatic rings. The molecule has 3 N–H and O–H groups in total. The van der Waals surface area contributed by atoms with Gasteiger partial charge in [0.1, 0.15) is 0 Å². The van der Waals surface area contributed by atoms with Gasteiger partial charge < -0.3 is 10.6 Å². The van der Waals surface area contributed by atoms with Crippen molar-refractivity contribution >= 4 is 28.3 Å². The highest BCUT2D eigenvalue weighted by Crippen LogP contribution is 2.36. The van der Waals surface area contributed by atoms with E-state index in [1.807, 2.05) is 12.1 Å². The summed E-state index contributed by atoms with van der Waals surface area (Å²) in [6, 6.07) is 8.97. The SMILES string of the molecule is NC1CCN(c2ccc3c4c(cccc24)C(=O)N(O)C3=O)C1. The molecule has 4 rings (SSSR count). The molecule has 0 aromatic heterocycles. The average Bonchev–Trinajstić information content (AvgIpc) is 2.96. The first-order valence-electron chi connectivity index (χ1n) is 7.22. The second-order valence-electron chi connectivity index (χ2n) is 5.78. The molecule has 0 bridgehead atoms. The number of hydrogen-bond donors (Lipinski definition) is 2. The molecule has 112 valence electrons. The highest BCUT2D eigenvalue weighted by Gasteiger charge is 2.33. The van der Waals surface area contributed by atoms with Crippen molar-refractivity contribution in [3.8, 4) is 0 Å². The predicted molar refractivity (Wildman–Crippen MR) is 81.0 cm³/mol. The molecule has 0 radical (unpaired) electrons. The Morgan fingerprint density at radius 2 is 1.82 bits per heavy atom. The maximum Gasteiger partial charge on any atom is 0.285 e. The minimum Gasteiger partial charge on any atom is -0.369 e. The van der Waals surface area contributed by atoms with Crippen LogP contribution in [0.4, 0.5) is 5.69 Å². The minimum absolute atomic E-state index is 0.141. The lowest BCUT2D eigenvalue weighted by Crippen LogP contribution is -2.37. The van der Waals surface area contributed by atoms with E-state index in [9.17, 15) is 14.8 Å². The third-order valence-corrected chi connectivity index (χ3v) is 4.43. The van der Waals surface area contributed by atoms with E-state index < -0.39 is 11.8 Å². The molecule has 1 atom stereocenters. The van der Waals surface area contributed by atoms with Gasteiger partial charge in [-0.1, -0.05) is 12.1 Å². The van der Waals surface area contributed by atoms with Crippen LogP contribution in [0.25, 0.3) is 10.8 Å². The van der Waals surface area contributed by atoms with Crippen molar-refractivity contribution in [3.63, 3.8) is 0 Å². The van der Waals surface area contributed by atoms with Gasteiger partial charge in [0.05, 0.1) is 11.1 Å². The number of anilines is 1. The van der Waals surface area contributed by atoms with Gasteiger partial charge in [-0.15, -0.1) is 5.06 Å². The fourth-order valence-electron chi connectivity index (χ4n) is 3.35. The summed E-state index contributed by atoms with van der Waals surface area (Å²) in [5.41, 5.74) is 7.64. The van der Waals surface area contributed by atoms with Crippen LogP contribution in [0, 0.1) is 0 Å². The van der Waals surface area contributed by atoms with Crippen LogP contribution >= 0.6 is 0 Å². The van der Waals surface area contributed by atoms with E-state index in [-0.39, 0.29) is 11.1 Å². The fraction of sp³-hybridized carbons (Fsp3) is 0.250. The highest BCUT2D eigenvalue weighted by atomic mass is 16.5. The number of hydrogen-bond acceptors (Lipinski definition) is 5. The summed E-state index contributed by atoms with van der Waals surface area (Å²) >= 11 is 0. The van der Waals surface area contributed by atoms with Gasteiger partial charge in [0.15, 0.2) is 0 Å². The second kappa shape index (κ2) is 4.53. The normalized spacial score (nSPS) is 21.1. The van der Waals surface area contributed by atoms with Crippen LogP contribution in [-0.2, 0) is 0 Å². The Morgan fingerprint density at radius 3 is 2.50 bits per heavy atom. The predicted octanol–water partition coefficient (Wildman–Crippen LogP) is 1.36. The minimum atomic E-state index is -0.682. The lowest BCUT2D eigenvalue weighted by molar-refractivity contribution is -0.0377. The van der Waals surface area contributed by atoms with Gasteiger partial charge in [-0.25, -0.2) is 0 Å². The van der Waals surface area contributed by atoms with Crippen LogP contribution in [0.3, 0.4) is 0 Å². The van der Waals surface area contributed by atoms with Gasteiger partial charge in [0.2, 0.25) is 0 Å². The Hall–Kier alpha value is -2.44. The van der Waals surface area contributed by atoms with Crippen LogP contribution in [0.15, 0.2) is 30.3 Å². The number of carbonyl (C=O) groups excluding carboxylic acids is 2. The van der Waals surface area contributed by atoms with Crippen LogP contribution in [0.2, 0.25) is 0 Å². The van der Waals surface area contributed by atoms with Crippen molar-refractivity contribution in [1.82, 2.24) is 5.06 Å². The third-order valence-electron chi connectivity index (χ3n) is 4.43. The van der Waals surface area contributed by atoms with Gasteiger partial charge in [-0.05, 0) is 24.6 Å². The number of rotatable bonds is 1. The maximum absolute atomic E-state index is 12.1. The Kier molecular flexibility index (Phi) is 2.72. The molecule has 2 aliphatic rings. The van der Waals surface area contributed by atoms with Gasteiger partial charge in [0, 0.05) is 35.6 Å². The Morgan fingerprint density at radius 1 is 1.09 bits per heavy atom. The van der Waals surface area contributed by atoms with E-state index in [1.165, 1.54) is 0 Å². The third kappa shape index (κ3) is 1.68. The summed E-state index contributed by atoms with van der Waals surface area (Å²) in [5.74, 6) is -1.36. The average molecular weight is 297 g/mol. The number of nitrogens with zero attached hydrogens (tertiary/aromatic N) is 2. The van der Waals surface area contributed by atoms with E-state index in [0.717, 1.165) is 30.6 Å². The van der Waals surface area contributed by atoms with Gasteiger partial charge >= 0.3 is 0 Å². The summed E-state index contributed by atoms with van der Waals surface area (Å²) in [7, 11) is 0. The summed E-state index contributed by atoms with van der Waals surface area (Å²) in [6.07, 6.45) is 0.922. The van der Waals surface area contributed by atoms with E-state index in [0.29, 0.717) is 16.5 Å². The summed E-state index contributed by atoms with van der Waals surface area (Å²) in [6.45, 7) is 1.61. The number of hydroxylamine groups is 2. The number of benzene rings is 2. The molecule has 2 aliphatic heterocycles. The zero-order chi connectivity index (χ0) is 15.4. The van der Waals surface area contributed by atoms with Crippen LogP contribution in [0.1, 0.15) is 27.1 Å². The van der Waals surface area contributed by atoms with Crippen molar-refractivity contribution in [2.24, 2.45) is 5.73 Å². The van der Waals surface area contributed by atoms with E-state index in [4.69, 9.17) is 5.73 Å². The Labute approximate surface area is 126 Å². The van der Waals surface area contributed by atoms with Crippen molar-refractivity contribution in [2.75, 3.05) is 18.0 Å². The van der Waals surface area contributed by atoms with E-state index >= 15 is 0 Å². The lowest BCUT2D eigenvalue weighted by atomic mass is 9.93. The zero-order valence-corrected chi connectivity index (χ0v) is 11.8. The second-order valence-corrected chi connectivity index (χ2v) is 5.78. The topological polar surface area (TPSA) is 86.9 Å². The molecule has 1 saturated heterocycles. The van der Waals surface area contributed by atoms with Crippen molar-refractivity contribution in [3.05, 3.63) is 41.5 Å². The summed E-state index contributed by atoms with van der Waals surface area (Å²) < 4.78 is 0. The molecule has 0 spiro atoms. The monoisotopic (exact) mass is 297 g/mol. The molecule has 2 aromatic carbocycles. The number of amides is 2. The van der Waals surface area contributed by atoms with Crippen LogP contribution in [-0.4, -0.2) is 41.2 Å². The largest absolute Gasteiger partial charge is 0.369 e. The first kappa shape index (κ1) is 13.2. The van der Waals surface area contributed by atoms with Crippen molar-refractivity contribution in [1.29, 1.82) is 0 Å². The number of nitrogens with two attached hydrogens (primary N) is 1. The quantitative estimate of drug-likeness (QED) is 0.613. The molecule has 6 heteroatoms. The fourth-order valence-corrected chi connectivity index (χ4v) is 3.35. The molecule has 2 heterocycles. The zero-order valence-electron chi connectivity index (χ0n) is 11.8.